The van der Waals surface area contributed by atoms with Crippen LogP contribution in [0.4, 0.5) is 0 Å². The molecule has 1 aromatic carbocycles. The summed E-state index contributed by atoms with van der Waals surface area (Å²) in [7, 11) is 1.62. The van der Waals surface area contributed by atoms with Crippen LogP contribution < -0.4 is 14.8 Å². The molecule has 1 N–H and O–H groups in total. The Morgan fingerprint density at radius 1 is 1.23 bits per heavy atom. The van der Waals surface area contributed by atoms with Crippen molar-refractivity contribution in [3.05, 3.63) is 52.2 Å². The number of carbonyl (C=O) groups excluding carboxylic acids is 1. The zero-order valence-corrected chi connectivity index (χ0v) is 13.5. The van der Waals surface area contributed by atoms with Crippen LogP contribution in [0.25, 0.3) is 6.08 Å². The standard InChI is InChI=1S/C17H19NO3S/c1-13(12-16-4-3-11-22-16)17(19)18-9-10-21-15-7-5-14(20-2)6-8-15/h3-8,11-12H,9-10H2,1-2H3,(H,18,19)/b13-12+. The van der Waals surface area contributed by atoms with Crippen LogP contribution in [0.5, 0.6) is 11.5 Å². The van der Waals surface area contributed by atoms with E-state index < -0.39 is 0 Å². The molecular formula is C17H19NO3S. The second-order valence-corrected chi connectivity index (χ2v) is 5.60. The minimum atomic E-state index is -0.0771. The van der Waals surface area contributed by atoms with Gasteiger partial charge in [0.25, 0.3) is 0 Å². The zero-order chi connectivity index (χ0) is 15.8. The number of benzene rings is 1. The highest BCUT2D eigenvalue weighted by Crippen LogP contribution is 2.16. The van der Waals surface area contributed by atoms with Crippen molar-refractivity contribution in [3.8, 4) is 11.5 Å². The first kappa shape index (κ1) is 16.1. The third-order valence-corrected chi connectivity index (χ3v) is 3.80. The molecule has 0 unspecified atom stereocenters. The highest BCUT2D eigenvalue weighted by molar-refractivity contribution is 7.10. The summed E-state index contributed by atoms with van der Waals surface area (Å²) < 4.78 is 10.6. The molecular weight excluding hydrogens is 298 g/mol. The predicted octanol–water partition coefficient (Wildman–Crippen LogP) is 3.36. The van der Waals surface area contributed by atoms with Gasteiger partial charge >= 0.3 is 0 Å². The van der Waals surface area contributed by atoms with Gasteiger partial charge < -0.3 is 14.8 Å². The second kappa shape index (κ2) is 8.24. The summed E-state index contributed by atoms with van der Waals surface area (Å²) in [5, 5.41) is 4.82. The molecule has 0 spiro atoms. The smallest absolute Gasteiger partial charge is 0.247 e. The van der Waals surface area contributed by atoms with E-state index in [0.717, 1.165) is 16.4 Å². The van der Waals surface area contributed by atoms with E-state index in [-0.39, 0.29) is 5.91 Å². The number of nitrogens with one attached hydrogen (secondary N) is 1. The molecule has 1 amide bonds. The van der Waals surface area contributed by atoms with Gasteiger partial charge in [0, 0.05) is 10.5 Å². The molecule has 116 valence electrons. The van der Waals surface area contributed by atoms with Gasteiger partial charge in [-0.3, -0.25) is 4.79 Å². The Kier molecular flexibility index (Phi) is 6.03. The van der Waals surface area contributed by atoms with Gasteiger partial charge in [-0.2, -0.15) is 0 Å². The summed E-state index contributed by atoms with van der Waals surface area (Å²) in [6.45, 7) is 2.68. The molecule has 0 radical (unpaired) electrons. The van der Waals surface area contributed by atoms with Gasteiger partial charge in [-0.15, -0.1) is 11.3 Å². The highest BCUT2D eigenvalue weighted by Gasteiger charge is 2.04. The maximum atomic E-state index is 11.9. The maximum Gasteiger partial charge on any atom is 0.247 e. The summed E-state index contributed by atoms with van der Waals surface area (Å²) in [6, 6.07) is 11.3. The van der Waals surface area contributed by atoms with Crippen LogP contribution in [0.15, 0.2) is 47.4 Å². The van der Waals surface area contributed by atoms with Crippen molar-refractivity contribution in [1.82, 2.24) is 5.32 Å². The molecule has 0 bridgehead atoms. The summed E-state index contributed by atoms with van der Waals surface area (Å²) in [6.07, 6.45) is 1.88. The molecule has 0 saturated heterocycles. The molecule has 0 saturated carbocycles. The number of hydrogen-bond acceptors (Lipinski definition) is 4. The Morgan fingerprint density at radius 2 is 1.95 bits per heavy atom. The van der Waals surface area contributed by atoms with Crippen LogP contribution in [0.3, 0.4) is 0 Å². The lowest BCUT2D eigenvalue weighted by atomic mass is 10.2. The average molecular weight is 317 g/mol. The van der Waals surface area contributed by atoms with Crippen molar-refractivity contribution in [2.45, 2.75) is 6.92 Å². The molecule has 0 aliphatic rings. The molecule has 1 aromatic heterocycles. The van der Waals surface area contributed by atoms with Gasteiger partial charge in [0.05, 0.1) is 13.7 Å². The molecule has 2 aromatic rings. The third kappa shape index (κ3) is 4.93. The number of carbonyl (C=O) groups is 1. The number of thiophene rings is 1. The molecule has 22 heavy (non-hydrogen) atoms. The van der Waals surface area contributed by atoms with E-state index in [1.54, 1.807) is 25.4 Å². The molecule has 1 heterocycles. The minimum absolute atomic E-state index is 0.0771. The third-order valence-electron chi connectivity index (χ3n) is 2.98. The Balaban J connectivity index is 1.72. The Bertz CT molecular complexity index is 618. The van der Waals surface area contributed by atoms with E-state index in [9.17, 15) is 4.79 Å². The quantitative estimate of drug-likeness (QED) is 0.629. The van der Waals surface area contributed by atoms with Crippen LogP contribution in [-0.2, 0) is 4.79 Å². The number of ether oxygens (including phenoxy) is 2. The van der Waals surface area contributed by atoms with Gasteiger partial charge in [-0.25, -0.2) is 0 Å². The summed E-state index contributed by atoms with van der Waals surface area (Å²) in [5.41, 5.74) is 0.687. The number of rotatable bonds is 7. The minimum Gasteiger partial charge on any atom is -0.497 e. The fourth-order valence-electron chi connectivity index (χ4n) is 1.80. The van der Waals surface area contributed by atoms with Gasteiger partial charge in [0.1, 0.15) is 18.1 Å². The van der Waals surface area contributed by atoms with Crippen molar-refractivity contribution in [3.63, 3.8) is 0 Å². The lowest BCUT2D eigenvalue weighted by Crippen LogP contribution is -2.28. The first-order valence-electron chi connectivity index (χ1n) is 6.96. The SMILES string of the molecule is COc1ccc(OCCNC(=O)/C(C)=C/c2cccs2)cc1. The van der Waals surface area contributed by atoms with Crippen LogP contribution in [0.2, 0.25) is 0 Å². The number of hydrogen-bond donors (Lipinski definition) is 1. The Labute approximate surface area is 134 Å². The van der Waals surface area contributed by atoms with Crippen molar-refractivity contribution in [1.29, 1.82) is 0 Å². The molecule has 2 rings (SSSR count). The average Bonchev–Trinajstić information content (AvgIpc) is 3.04. The van der Waals surface area contributed by atoms with Gasteiger partial charge in [0.2, 0.25) is 5.91 Å². The summed E-state index contributed by atoms with van der Waals surface area (Å²) in [5.74, 6) is 1.46. The first-order valence-corrected chi connectivity index (χ1v) is 7.84. The van der Waals surface area contributed by atoms with Crippen molar-refractivity contribution >= 4 is 23.3 Å². The van der Waals surface area contributed by atoms with E-state index >= 15 is 0 Å². The lowest BCUT2D eigenvalue weighted by Gasteiger charge is -2.08. The maximum absolute atomic E-state index is 11.9. The lowest BCUT2D eigenvalue weighted by molar-refractivity contribution is -0.117. The van der Waals surface area contributed by atoms with Gasteiger partial charge in [0.15, 0.2) is 0 Å². The predicted molar refractivity (Wildman–Crippen MR) is 89.5 cm³/mol. The van der Waals surface area contributed by atoms with Crippen LogP contribution in [-0.4, -0.2) is 26.2 Å². The van der Waals surface area contributed by atoms with Crippen molar-refractivity contribution in [2.24, 2.45) is 0 Å². The van der Waals surface area contributed by atoms with Crippen LogP contribution >= 0.6 is 11.3 Å². The van der Waals surface area contributed by atoms with Crippen molar-refractivity contribution in [2.75, 3.05) is 20.3 Å². The Morgan fingerprint density at radius 3 is 2.59 bits per heavy atom. The number of amides is 1. The largest absolute Gasteiger partial charge is 0.497 e. The fourth-order valence-corrected chi connectivity index (χ4v) is 2.51. The van der Waals surface area contributed by atoms with Gasteiger partial charge in [-0.1, -0.05) is 6.07 Å². The van der Waals surface area contributed by atoms with Gasteiger partial charge in [-0.05, 0) is 48.7 Å². The summed E-state index contributed by atoms with van der Waals surface area (Å²) >= 11 is 1.61. The number of methoxy groups -OCH3 is 1. The molecule has 5 heteroatoms. The molecule has 4 nitrogen and oxygen atoms in total. The van der Waals surface area contributed by atoms with E-state index in [4.69, 9.17) is 9.47 Å². The van der Waals surface area contributed by atoms with Crippen LogP contribution in [0.1, 0.15) is 11.8 Å². The topological polar surface area (TPSA) is 47.6 Å². The second-order valence-electron chi connectivity index (χ2n) is 4.62. The molecule has 0 aliphatic heterocycles. The van der Waals surface area contributed by atoms with E-state index in [2.05, 4.69) is 5.32 Å². The fraction of sp³-hybridized carbons (Fsp3) is 0.235. The highest BCUT2D eigenvalue weighted by atomic mass is 32.1. The van der Waals surface area contributed by atoms with E-state index in [1.807, 2.05) is 47.9 Å². The molecule has 0 atom stereocenters. The Hall–Kier alpha value is -2.27. The molecule has 0 fully saturated rings. The van der Waals surface area contributed by atoms with Crippen molar-refractivity contribution < 1.29 is 14.3 Å². The zero-order valence-electron chi connectivity index (χ0n) is 12.7. The van der Waals surface area contributed by atoms with E-state index in [1.165, 1.54) is 0 Å². The van der Waals surface area contributed by atoms with E-state index in [0.29, 0.717) is 18.7 Å². The monoisotopic (exact) mass is 317 g/mol. The first-order chi connectivity index (χ1) is 10.7. The normalized spacial score (nSPS) is 11.1. The summed E-state index contributed by atoms with van der Waals surface area (Å²) in [4.78, 5) is 13.0. The molecule has 0 aliphatic carbocycles. The van der Waals surface area contributed by atoms with Crippen LogP contribution in [0, 0.1) is 0 Å².